The summed E-state index contributed by atoms with van der Waals surface area (Å²) in [5.41, 5.74) is 0. The SMILES string of the molecule is CCCCCCCCCCCCC(=O)OC(COC(=O)CCCCCCCCCCC)COC1OC(COC2OC(CO)C(O)C(O)C2O)C(O)C(O)C1O. The van der Waals surface area contributed by atoms with Crippen molar-refractivity contribution in [3.8, 4) is 0 Å². The number of ether oxygens (including phenoxy) is 6. The molecule has 0 radical (unpaired) electrons. The van der Waals surface area contributed by atoms with Gasteiger partial charge in [-0.3, -0.25) is 9.59 Å². The number of esters is 2. The van der Waals surface area contributed by atoms with Gasteiger partial charge in [0.15, 0.2) is 18.7 Å². The molecule has 0 saturated carbocycles. The average molecular weight is 795 g/mol. The summed E-state index contributed by atoms with van der Waals surface area (Å²) in [5, 5.41) is 71.6. The van der Waals surface area contributed by atoms with Gasteiger partial charge in [0.2, 0.25) is 0 Å². The van der Waals surface area contributed by atoms with Crippen molar-refractivity contribution >= 4 is 11.9 Å². The molecule has 0 aromatic carbocycles. The summed E-state index contributed by atoms with van der Waals surface area (Å²) in [5.74, 6) is -0.925. The van der Waals surface area contributed by atoms with E-state index in [1.54, 1.807) is 0 Å². The highest BCUT2D eigenvalue weighted by Gasteiger charge is 2.47. The third-order valence-corrected chi connectivity index (χ3v) is 10.3. The van der Waals surface area contributed by atoms with Crippen molar-refractivity contribution in [1.29, 1.82) is 0 Å². The van der Waals surface area contributed by atoms with Gasteiger partial charge >= 0.3 is 11.9 Å². The van der Waals surface area contributed by atoms with Crippen molar-refractivity contribution in [2.45, 2.75) is 216 Å². The van der Waals surface area contributed by atoms with Crippen LogP contribution in [-0.4, -0.2) is 142 Å². The van der Waals surface area contributed by atoms with Crippen LogP contribution in [0.5, 0.6) is 0 Å². The van der Waals surface area contributed by atoms with E-state index in [1.165, 1.54) is 70.6 Å². The molecule has 2 heterocycles. The molecule has 15 nitrogen and oxygen atoms in total. The summed E-state index contributed by atoms with van der Waals surface area (Å²) >= 11 is 0. The highest BCUT2D eigenvalue weighted by atomic mass is 16.7. The van der Waals surface area contributed by atoms with Crippen molar-refractivity contribution in [2.75, 3.05) is 26.4 Å². The monoisotopic (exact) mass is 795 g/mol. The quantitative estimate of drug-likeness (QED) is 0.0394. The Morgan fingerprint density at radius 2 is 0.927 bits per heavy atom. The molecule has 2 aliphatic rings. The molecule has 0 bridgehead atoms. The largest absolute Gasteiger partial charge is 0.462 e. The first kappa shape index (κ1) is 49.6. The van der Waals surface area contributed by atoms with E-state index in [0.29, 0.717) is 12.8 Å². The Balaban J connectivity index is 1.89. The van der Waals surface area contributed by atoms with E-state index in [-0.39, 0.29) is 26.1 Å². The van der Waals surface area contributed by atoms with Crippen LogP contribution in [0.2, 0.25) is 0 Å². The maximum atomic E-state index is 12.8. The van der Waals surface area contributed by atoms with E-state index >= 15 is 0 Å². The molecule has 0 aromatic rings. The van der Waals surface area contributed by atoms with Gasteiger partial charge in [-0.1, -0.05) is 123 Å². The number of hydrogen-bond acceptors (Lipinski definition) is 15. The Labute approximate surface area is 328 Å². The molecule has 11 atom stereocenters. The van der Waals surface area contributed by atoms with Crippen LogP contribution < -0.4 is 0 Å². The predicted molar refractivity (Wildman–Crippen MR) is 201 cm³/mol. The van der Waals surface area contributed by atoms with Crippen LogP contribution in [0.25, 0.3) is 0 Å². The molecule has 324 valence electrons. The molecule has 7 N–H and O–H groups in total. The van der Waals surface area contributed by atoms with Crippen molar-refractivity contribution < 1.29 is 73.8 Å². The van der Waals surface area contributed by atoms with Crippen LogP contribution in [-0.2, 0) is 38.0 Å². The third-order valence-electron chi connectivity index (χ3n) is 10.3. The standard InChI is InChI=1S/C40H74O15/c1-3-5-7-9-11-13-15-17-19-21-23-32(43)53-28(25-50-31(42)22-20-18-16-14-12-10-8-6-4-2)26-51-39-38(49)36(47)34(45)30(55-39)27-52-40-37(48)35(46)33(44)29(24-41)54-40/h28-30,33-41,44-49H,3-27H2,1-2H3. The topological polar surface area (TPSA) is 231 Å². The number of carbonyl (C=O) groups is 2. The second-order valence-electron chi connectivity index (χ2n) is 15.2. The molecule has 0 aromatic heterocycles. The van der Waals surface area contributed by atoms with Crippen LogP contribution >= 0.6 is 0 Å². The van der Waals surface area contributed by atoms with Crippen LogP contribution in [0, 0.1) is 0 Å². The molecule has 55 heavy (non-hydrogen) atoms. The first-order chi connectivity index (χ1) is 26.5. The highest BCUT2D eigenvalue weighted by molar-refractivity contribution is 5.70. The lowest BCUT2D eigenvalue weighted by molar-refractivity contribution is -0.332. The Hall–Kier alpha value is -1.50. The Kier molecular flexibility index (Phi) is 26.8. The second kappa shape index (κ2) is 29.7. The molecule has 2 rings (SSSR count). The van der Waals surface area contributed by atoms with E-state index < -0.39 is 92.7 Å². The summed E-state index contributed by atoms with van der Waals surface area (Å²) < 4.78 is 33.3. The van der Waals surface area contributed by atoms with Gasteiger partial charge in [-0.25, -0.2) is 0 Å². The van der Waals surface area contributed by atoms with E-state index in [9.17, 15) is 45.3 Å². The van der Waals surface area contributed by atoms with Crippen LogP contribution in [0.15, 0.2) is 0 Å². The summed E-state index contributed by atoms with van der Waals surface area (Å²) in [7, 11) is 0. The minimum atomic E-state index is -1.76. The molecule has 0 spiro atoms. The lowest BCUT2D eigenvalue weighted by Crippen LogP contribution is -2.61. The number of unbranched alkanes of at least 4 members (excludes halogenated alkanes) is 17. The minimum Gasteiger partial charge on any atom is -0.462 e. The number of carbonyl (C=O) groups excluding carboxylic acids is 2. The first-order valence-corrected chi connectivity index (χ1v) is 21.1. The lowest BCUT2D eigenvalue weighted by atomic mass is 9.98. The average Bonchev–Trinajstić information content (AvgIpc) is 3.18. The number of aliphatic hydroxyl groups excluding tert-OH is 7. The van der Waals surface area contributed by atoms with Gasteiger partial charge in [-0.15, -0.1) is 0 Å². The minimum absolute atomic E-state index is 0.171. The van der Waals surface area contributed by atoms with Gasteiger partial charge in [-0.05, 0) is 12.8 Å². The second-order valence-corrected chi connectivity index (χ2v) is 15.2. The molecule has 2 saturated heterocycles. The zero-order chi connectivity index (χ0) is 40.4. The van der Waals surface area contributed by atoms with Crippen LogP contribution in [0.4, 0.5) is 0 Å². The van der Waals surface area contributed by atoms with Crippen molar-refractivity contribution in [3.05, 3.63) is 0 Å². The third kappa shape index (κ3) is 19.7. The van der Waals surface area contributed by atoms with Gasteiger partial charge in [0.1, 0.15) is 55.4 Å². The van der Waals surface area contributed by atoms with Gasteiger partial charge in [0.05, 0.1) is 19.8 Å². The normalized spacial score (nSPS) is 28.9. The number of rotatable bonds is 31. The fourth-order valence-corrected chi connectivity index (χ4v) is 6.74. The van der Waals surface area contributed by atoms with Crippen molar-refractivity contribution in [1.82, 2.24) is 0 Å². The van der Waals surface area contributed by atoms with Crippen molar-refractivity contribution in [2.24, 2.45) is 0 Å². The van der Waals surface area contributed by atoms with E-state index in [1.807, 2.05) is 0 Å². The summed E-state index contributed by atoms with van der Waals surface area (Å²) in [6, 6.07) is 0. The lowest BCUT2D eigenvalue weighted by Gasteiger charge is -2.42. The fourth-order valence-electron chi connectivity index (χ4n) is 6.74. The summed E-state index contributed by atoms with van der Waals surface area (Å²) in [6.45, 7) is 2.52. The van der Waals surface area contributed by atoms with Crippen LogP contribution in [0.1, 0.15) is 149 Å². The van der Waals surface area contributed by atoms with E-state index in [0.717, 1.165) is 38.5 Å². The molecule has 11 unspecified atom stereocenters. The Bertz CT molecular complexity index is 986. The molecule has 2 aliphatic heterocycles. The maximum absolute atomic E-state index is 12.8. The van der Waals surface area contributed by atoms with Crippen molar-refractivity contribution in [3.63, 3.8) is 0 Å². The zero-order valence-electron chi connectivity index (χ0n) is 33.4. The Morgan fingerprint density at radius 1 is 0.509 bits per heavy atom. The summed E-state index contributed by atoms with van der Waals surface area (Å²) in [4.78, 5) is 25.4. The van der Waals surface area contributed by atoms with Crippen LogP contribution in [0.3, 0.4) is 0 Å². The fraction of sp³-hybridized carbons (Fsp3) is 0.950. The first-order valence-electron chi connectivity index (χ1n) is 21.1. The van der Waals surface area contributed by atoms with E-state index in [2.05, 4.69) is 13.8 Å². The van der Waals surface area contributed by atoms with Gasteiger partial charge in [-0.2, -0.15) is 0 Å². The molecule has 2 fully saturated rings. The maximum Gasteiger partial charge on any atom is 0.306 e. The number of aliphatic hydroxyl groups is 7. The Morgan fingerprint density at radius 3 is 1.42 bits per heavy atom. The molecule has 0 aliphatic carbocycles. The highest BCUT2D eigenvalue weighted by Crippen LogP contribution is 2.26. The number of hydrogen-bond donors (Lipinski definition) is 7. The molecule has 15 heteroatoms. The predicted octanol–water partition coefficient (Wildman–Crippen LogP) is 3.31. The summed E-state index contributed by atoms with van der Waals surface area (Å²) in [6.07, 6.45) is 4.59. The smallest absolute Gasteiger partial charge is 0.306 e. The molecule has 0 amide bonds. The van der Waals surface area contributed by atoms with Gasteiger partial charge < -0.3 is 64.2 Å². The van der Waals surface area contributed by atoms with Gasteiger partial charge in [0.25, 0.3) is 0 Å². The van der Waals surface area contributed by atoms with E-state index in [4.69, 9.17) is 28.4 Å². The zero-order valence-corrected chi connectivity index (χ0v) is 33.4. The molecular weight excluding hydrogens is 720 g/mol. The van der Waals surface area contributed by atoms with Gasteiger partial charge in [0, 0.05) is 12.8 Å². The molecular formula is C40H74O15.